The Morgan fingerprint density at radius 1 is 1.07 bits per heavy atom. The van der Waals surface area contributed by atoms with Crippen molar-refractivity contribution in [2.75, 3.05) is 6.61 Å². The van der Waals surface area contributed by atoms with Crippen LogP contribution in [0.3, 0.4) is 0 Å². The SMILES string of the molecule is Cc1ccc(Cn2nc(C)c(C(=O)OCC(=O)N3[C@@H](C)CCC[C@@H]3C)c2C)cc1. The number of likely N-dealkylation sites (tertiary alicyclic amines) is 1. The second-order valence-electron chi connectivity index (χ2n) is 8.20. The van der Waals surface area contributed by atoms with E-state index >= 15 is 0 Å². The van der Waals surface area contributed by atoms with E-state index in [1.165, 1.54) is 5.56 Å². The van der Waals surface area contributed by atoms with Crippen molar-refractivity contribution in [1.82, 2.24) is 14.7 Å². The number of hydrogen-bond donors (Lipinski definition) is 0. The second kappa shape index (κ2) is 8.80. The highest BCUT2D eigenvalue weighted by molar-refractivity contribution is 5.93. The predicted molar refractivity (Wildman–Crippen MR) is 112 cm³/mol. The summed E-state index contributed by atoms with van der Waals surface area (Å²) in [4.78, 5) is 27.2. The normalized spacial score (nSPS) is 19.3. The Hall–Kier alpha value is -2.63. The Labute approximate surface area is 172 Å². The number of hydrogen-bond acceptors (Lipinski definition) is 4. The van der Waals surface area contributed by atoms with Gasteiger partial charge in [-0.2, -0.15) is 5.10 Å². The van der Waals surface area contributed by atoms with Crippen LogP contribution < -0.4 is 0 Å². The lowest BCUT2D eigenvalue weighted by Gasteiger charge is -2.38. The van der Waals surface area contributed by atoms with Crippen LogP contribution in [0, 0.1) is 20.8 Å². The number of carbonyl (C=O) groups excluding carboxylic acids is 2. The first kappa shape index (κ1) is 21.1. The van der Waals surface area contributed by atoms with Crippen LogP contribution in [-0.4, -0.2) is 45.2 Å². The van der Waals surface area contributed by atoms with Crippen LogP contribution in [0.15, 0.2) is 24.3 Å². The lowest BCUT2D eigenvalue weighted by atomic mass is 9.97. The molecule has 156 valence electrons. The Kier molecular flexibility index (Phi) is 6.40. The molecule has 0 bridgehead atoms. The first-order valence-corrected chi connectivity index (χ1v) is 10.4. The maximum absolute atomic E-state index is 12.7. The molecule has 3 rings (SSSR count). The van der Waals surface area contributed by atoms with Gasteiger partial charge in [0.2, 0.25) is 0 Å². The van der Waals surface area contributed by atoms with Crippen molar-refractivity contribution in [3.63, 3.8) is 0 Å². The van der Waals surface area contributed by atoms with Crippen LogP contribution in [0.5, 0.6) is 0 Å². The molecule has 6 heteroatoms. The van der Waals surface area contributed by atoms with Crippen LogP contribution >= 0.6 is 0 Å². The van der Waals surface area contributed by atoms with Gasteiger partial charge in [0, 0.05) is 12.1 Å². The van der Waals surface area contributed by atoms with Crippen LogP contribution in [0.25, 0.3) is 0 Å². The van der Waals surface area contributed by atoms with Crippen molar-refractivity contribution in [1.29, 1.82) is 0 Å². The number of esters is 1. The third-order valence-corrected chi connectivity index (χ3v) is 5.85. The zero-order valence-corrected chi connectivity index (χ0v) is 18.1. The van der Waals surface area contributed by atoms with Gasteiger partial charge in [-0.05, 0) is 59.4 Å². The van der Waals surface area contributed by atoms with E-state index in [-0.39, 0.29) is 24.6 Å². The minimum Gasteiger partial charge on any atom is -0.452 e. The fourth-order valence-corrected chi connectivity index (χ4v) is 4.20. The number of ether oxygens (including phenoxy) is 1. The highest BCUT2D eigenvalue weighted by atomic mass is 16.5. The van der Waals surface area contributed by atoms with Crippen molar-refractivity contribution in [2.24, 2.45) is 0 Å². The van der Waals surface area contributed by atoms with Gasteiger partial charge in [-0.1, -0.05) is 29.8 Å². The first-order chi connectivity index (χ1) is 13.8. The maximum Gasteiger partial charge on any atom is 0.342 e. The van der Waals surface area contributed by atoms with Gasteiger partial charge in [-0.25, -0.2) is 4.79 Å². The summed E-state index contributed by atoms with van der Waals surface area (Å²) in [6, 6.07) is 8.61. The van der Waals surface area contributed by atoms with Gasteiger partial charge in [0.25, 0.3) is 5.91 Å². The number of aromatic nitrogens is 2. The molecule has 1 amide bonds. The van der Waals surface area contributed by atoms with Gasteiger partial charge in [0.1, 0.15) is 5.56 Å². The molecular formula is C23H31N3O3. The third-order valence-electron chi connectivity index (χ3n) is 5.85. The smallest absolute Gasteiger partial charge is 0.342 e. The zero-order valence-electron chi connectivity index (χ0n) is 18.1. The fraction of sp³-hybridized carbons (Fsp3) is 0.522. The Bertz CT molecular complexity index is 876. The lowest BCUT2D eigenvalue weighted by Crippen LogP contribution is -2.49. The molecule has 29 heavy (non-hydrogen) atoms. The van der Waals surface area contributed by atoms with Crippen LogP contribution in [0.1, 0.15) is 66.0 Å². The van der Waals surface area contributed by atoms with Crippen molar-refractivity contribution < 1.29 is 14.3 Å². The molecule has 0 saturated carbocycles. The average molecular weight is 398 g/mol. The van der Waals surface area contributed by atoms with Crippen LogP contribution in [0.2, 0.25) is 0 Å². The maximum atomic E-state index is 12.7. The number of amides is 1. The number of rotatable bonds is 5. The molecule has 0 unspecified atom stereocenters. The molecule has 0 spiro atoms. The van der Waals surface area contributed by atoms with Gasteiger partial charge in [-0.15, -0.1) is 0 Å². The minimum atomic E-state index is -0.485. The van der Waals surface area contributed by atoms with E-state index in [1.807, 2.05) is 23.4 Å². The van der Waals surface area contributed by atoms with E-state index in [4.69, 9.17) is 4.74 Å². The fourth-order valence-electron chi connectivity index (χ4n) is 4.20. The van der Waals surface area contributed by atoms with E-state index in [0.717, 1.165) is 30.5 Å². The second-order valence-corrected chi connectivity index (χ2v) is 8.20. The largest absolute Gasteiger partial charge is 0.452 e. The van der Waals surface area contributed by atoms with Gasteiger partial charge in [0.05, 0.1) is 17.9 Å². The summed E-state index contributed by atoms with van der Waals surface area (Å²) in [5, 5.41) is 4.51. The zero-order chi connectivity index (χ0) is 21.1. The number of piperidine rings is 1. The van der Waals surface area contributed by atoms with Gasteiger partial charge in [0.15, 0.2) is 6.61 Å². The molecule has 0 aliphatic carbocycles. The quantitative estimate of drug-likeness (QED) is 0.720. The van der Waals surface area contributed by atoms with Crippen molar-refractivity contribution in [3.05, 3.63) is 52.3 Å². The summed E-state index contributed by atoms with van der Waals surface area (Å²) < 4.78 is 7.21. The van der Waals surface area contributed by atoms with Gasteiger partial charge >= 0.3 is 5.97 Å². The molecule has 1 fully saturated rings. The van der Waals surface area contributed by atoms with Gasteiger partial charge < -0.3 is 9.64 Å². The first-order valence-electron chi connectivity index (χ1n) is 10.4. The molecule has 1 aromatic heterocycles. The molecule has 2 heterocycles. The summed E-state index contributed by atoms with van der Waals surface area (Å²) >= 11 is 0. The minimum absolute atomic E-state index is 0.125. The monoisotopic (exact) mass is 397 g/mol. The molecule has 1 saturated heterocycles. The van der Waals surface area contributed by atoms with Crippen LogP contribution in [-0.2, 0) is 16.1 Å². The molecule has 0 radical (unpaired) electrons. The van der Waals surface area contributed by atoms with Crippen LogP contribution in [0.4, 0.5) is 0 Å². The molecule has 2 atom stereocenters. The lowest BCUT2D eigenvalue weighted by molar-refractivity contribution is -0.140. The highest BCUT2D eigenvalue weighted by Gasteiger charge is 2.30. The Morgan fingerprint density at radius 3 is 2.31 bits per heavy atom. The van der Waals surface area contributed by atoms with E-state index in [2.05, 4.69) is 43.2 Å². The summed E-state index contributed by atoms with van der Waals surface area (Å²) in [7, 11) is 0. The third kappa shape index (κ3) is 4.69. The predicted octanol–water partition coefficient (Wildman–Crippen LogP) is 3.80. The summed E-state index contributed by atoms with van der Waals surface area (Å²) in [5.41, 5.74) is 4.13. The molecule has 1 aliphatic rings. The van der Waals surface area contributed by atoms with E-state index < -0.39 is 5.97 Å². The van der Waals surface area contributed by atoms with E-state index in [0.29, 0.717) is 17.8 Å². The van der Waals surface area contributed by atoms with E-state index in [1.54, 1.807) is 6.92 Å². The molecule has 6 nitrogen and oxygen atoms in total. The topological polar surface area (TPSA) is 64.4 Å². The van der Waals surface area contributed by atoms with Crippen molar-refractivity contribution in [3.8, 4) is 0 Å². The summed E-state index contributed by atoms with van der Waals surface area (Å²) in [5.74, 6) is -0.610. The highest BCUT2D eigenvalue weighted by Crippen LogP contribution is 2.23. The van der Waals surface area contributed by atoms with Crippen molar-refractivity contribution in [2.45, 2.75) is 72.5 Å². The molecule has 1 aliphatic heterocycles. The molecule has 2 aromatic rings. The number of nitrogens with zero attached hydrogens (tertiary/aromatic N) is 3. The number of carbonyl (C=O) groups is 2. The standard InChI is InChI=1S/C23H31N3O3/c1-15-9-11-20(12-10-15)13-25-19(5)22(18(4)24-25)23(28)29-14-21(27)26-16(2)7-6-8-17(26)3/h9-12,16-17H,6-8,13-14H2,1-5H3/t16-,17-/m0/s1. The number of aryl methyl sites for hydroxylation is 2. The van der Waals surface area contributed by atoms with Crippen molar-refractivity contribution >= 4 is 11.9 Å². The van der Waals surface area contributed by atoms with Gasteiger partial charge in [-0.3, -0.25) is 9.48 Å². The summed E-state index contributed by atoms with van der Waals surface area (Å²) in [6.07, 6.45) is 3.12. The van der Waals surface area contributed by atoms with E-state index in [9.17, 15) is 9.59 Å². The Morgan fingerprint density at radius 2 is 1.69 bits per heavy atom. The number of benzene rings is 1. The summed E-state index contributed by atoms with van der Waals surface area (Å²) in [6.45, 7) is 10.2. The molecule has 1 aromatic carbocycles. The molecule has 0 N–H and O–H groups in total. The molecular weight excluding hydrogens is 366 g/mol. The Balaban J connectivity index is 1.67. The average Bonchev–Trinajstić information content (AvgIpc) is 2.95.